The molecule has 0 saturated carbocycles. The van der Waals surface area contributed by atoms with E-state index in [1.807, 2.05) is 24.5 Å². The molecule has 1 aliphatic heterocycles. The molecule has 1 fully saturated rings. The molecule has 3 rings (SSSR count). The van der Waals surface area contributed by atoms with Gasteiger partial charge in [0, 0.05) is 12.6 Å². The summed E-state index contributed by atoms with van der Waals surface area (Å²) in [4.78, 5) is 4.42. The number of benzene rings is 1. The van der Waals surface area contributed by atoms with Crippen molar-refractivity contribution in [1.82, 2.24) is 14.9 Å². The molecule has 4 nitrogen and oxygen atoms in total. The fourth-order valence-electron chi connectivity index (χ4n) is 2.55. The van der Waals surface area contributed by atoms with Crippen LogP contribution in [0.3, 0.4) is 0 Å². The van der Waals surface area contributed by atoms with Gasteiger partial charge in [-0.05, 0) is 31.5 Å². The third kappa shape index (κ3) is 1.89. The van der Waals surface area contributed by atoms with E-state index in [4.69, 9.17) is 4.74 Å². The molecule has 90 valence electrons. The summed E-state index contributed by atoms with van der Waals surface area (Å²) < 4.78 is 7.60. The molecule has 0 radical (unpaired) electrons. The highest BCUT2D eigenvalue weighted by Gasteiger charge is 2.16. The van der Waals surface area contributed by atoms with Gasteiger partial charge < -0.3 is 14.6 Å². The van der Waals surface area contributed by atoms with Crippen LogP contribution < -0.4 is 10.1 Å². The van der Waals surface area contributed by atoms with E-state index in [0.717, 1.165) is 29.9 Å². The third-order valence-electron chi connectivity index (χ3n) is 3.40. The predicted molar refractivity (Wildman–Crippen MR) is 67.3 cm³/mol. The highest BCUT2D eigenvalue weighted by atomic mass is 16.5. The smallest absolute Gasteiger partial charge is 0.144 e. The number of imidazole rings is 1. The Morgan fingerprint density at radius 2 is 2.47 bits per heavy atom. The highest BCUT2D eigenvalue weighted by molar-refractivity contribution is 5.82. The summed E-state index contributed by atoms with van der Waals surface area (Å²) in [7, 11) is 1.71. The van der Waals surface area contributed by atoms with Gasteiger partial charge in [-0.1, -0.05) is 6.07 Å². The minimum atomic E-state index is 0.567. The number of hydrogen-bond donors (Lipinski definition) is 1. The molecule has 1 aliphatic rings. The molecule has 0 amide bonds. The van der Waals surface area contributed by atoms with Crippen molar-refractivity contribution in [2.45, 2.75) is 25.4 Å². The van der Waals surface area contributed by atoms with Crippen LogP contribution in [-0.2, 0) is 6.54 Å². The average molecular weight is 231 g/mol. The SMILES string of the molecule is COc1cccc2ncn(CC3CCCN3)c12. The fourth-order valence-corrected chi connectivity index (χ4v) is 2.55. The third-order valence-corrected chi connectivity index (χ3v) is 3.40. The topological polar surface area (TPSA) is 39.1 Å². The Labute approximate surface area is 101 Å². The maximum Gasteiger partial charge on any atom is 0.144 e. The fraction of sp³-hybridized carbons (Fsp3) is 0.462. The van der Waals surface area contributed by atoms with Gasteiger partial charge in [0.1, 0.15) is 11.3 Å². The van der Waals surface area contributed by atoms with Crippen LogP contribution in [0.2, 0.25) is 0 Å². The summed E-state index contributed by atoms with van der Waals surface area (Å²) in [6, 6.07) is 6.56. The Hall–Kier alpha value is -1.55. The van der Waals surface area contributed by atoms with Crippen molar-refractivity contribution in [3.8, 4) is 5.75 Å². The van der Waals surface area contributed by atoms with Gasteiger partial charge in [-0.2, -0.15) is 0 Å². The monoisotopic (exact) mass is 231 g/mol. The summed E-state index contributed by atoms with van der Waals surface area (Å²) in [6.45, 7) is 2.10. The van der Waals surface area contributed by atoms with E-state index in [1.54, 1.807) is 7.11 Å². The lowest BCUT2D eigenvalue weighted by molar-refractivity contribution is 0.415. The van der Waals surface area contributed by atoms with Gasteiger partial charge in [0.15, 0.2) is 0 Å². The van der Waals surface area contributed by atoms with Crippen LogP contribution >= 0.6 is 0 Å². The van der Waals surface area contributed by atoms with Gasteiger partial charge in [0.25, 0.3) is 0 Å². The molecule has 1 saturated heterocycles. The predicted octanol–water partition coefficient (Wildman–Crippen LogP) is 1.80. The van der Waals surface area contributed by atoms with Crippen molar-refractivity contribution < 1.29 is 4.74 Å². The van der Waals surface area contributed by atoms with E-state index in [2.05, 4.69) is 14.9 Å². The summed E-state index contributed by atoms with van der Waals surface area (Å²) in [5, 5.41) is 3.51. The number of ether oxygens (including phenoxy) is 1. The first-order valence-corrected chi connectivity index (χ1v) is 6.09. The van der Waals surface area contributed by atoms with E-state index in [9.17, 15) is 0 Å². The largest absolute Gasteiger partial charge is 0.494 e. The van der Waals surface area contributed by atoms with Crippen LogP contribution in [0.1, 0.15) is 12.8 Å². The quantitative estimate of drug-likeness (QED) is 0.875. The van der Waals surface area contributed by atoms with Gasteiger partial charge in [-0.15, -0.1) is 0 Å². The normalized spacial score (nSPS) is 19.9. The zero-order valence-electron chi connectivity index (χ0n) is 10.0. The standard InChI is InChI=1S/C13H17N3O/c1-17-12-6-2-5-11-13(12)16(9-15-11)8-10-4-3-7-14-10/h2,5-6,9-10,14H,3-4,7-8H2,1H3. The Kier molecular flexibility index (Phi) is 2.73. The molecule has 0 bridgehead atoms. The zero-order valence-corrected chi connectivity index (χ0v) is 10.0. The van der Waals surface area contributed by atoms with Crippen LogP contribution in [0.25, 0.3) is 11.0 Å². The van der Waals surface area contributed by atoms with Crippen molar-refractivity contribution in [2.24, 2.45) is 0 Å². The lowest BCUT2D eigenvalue weighted by Gasteiger charge is -2.13. The van der Waals surface area contributed by atoms with E-state index in [-0.39, 0.29) is 0 Å². The maximum absolute atomic E-state index is 5.41. The molecule has 1 unspecified atom stereocenters. The van der Waals surface area contributed by atoms with Gasteiger partial charge in [0.05, 0.1) is 19.0 Å². The van der Waals surface area contributed by atoms with E-state index in [0.29, 0.717) is 6.04 Å². The highest BCUT2D eigenvalue weighted by Crippen LogP contribution is 2.25. The molecule has 2 aromatic rings. The second-order valence-electron chi connectivity index (χ2n) is 4.52. The number of hydrogen-bond acceptors (Lipinski definition) is 3. The Balaban J connectivity index is 1.98. The molecule has 2 heterocycles. The van der Waals surface area contributed by atoms with Gasteiger partial charge in [-0.3, -0.25) is 0 Å². The van der Waals surface area contributed by atoms with Crippen molar-refractivity contribution >= 4 is 11.0 Å². The van der Waals surface area contributed by atoms with Crippen molar-refractivity contribution in [2.75, 3.05) is 13.7 Å². The molecule has 1 aromatic carbocycles. The van der Waals surface area contributed by atoms with E-state index >= 15 is 0 Å². The van der Waals surface area contributed by atoms with Gasteiger partial charge >= 0.3 is 0 Å². The summed E-state index contributed by atoms with van der Waals surface area (Å²) in [5.41, 5.74) is 2.10. The molecule has 1 N–H and O–H groups in total. The summed E-state index contributed by atoms with van der Waals surface area (Å²) in [6.07, 6.45) is 4.43. The molecule has 1 aromatic heterocycles. The minimum Gasteiger partial charge on any atom is -0.494 e. The molecule has 4 heteroatoms. The number of methoxy groups -OCH3 is 1. The summed E-state index contributed by atoms with van der Waals surface area (Å²) in [5.74, 6) is 0.901. The number of nitrogens with zero attached hydrogens (tertiary/aromatic N) is 2. The minimum absolute atomic E-state index is 0.567. The zero-order chi connectivity index (χ0) is 11.7. The first kappa shape index (κ1) is 10.6. The molecule has 17 heavy (non-hydrogen) atoms. The van der Waals surface area contributed by atoms with E-state index < -0.39 is 0 Å². The van der Waals surface area contributed by atoms with Crippen LogP contribution in [-0.4, -0.2) is 29.2 Å². The number of nitrogens with one attached hydrogen (secondary N) is 1. The van der Waals surface area contributed by atoms with Crippen LogP contribution in [0.4, 0.5) is 0 Å². The molecule has 1 atom stereocenters. The Morgan fingerprint density at radius 3 is 3.24 bits per heavy atom. The number of fused-ring (bicyclic) bond motifs is 1. The lowest BCUT2D eigenvalue weighted by atomic mass is 10.2. The molecule has 0 spiro atoms. The lowest BCUT2D eigenvalue weighted by Crippen LogP contribution is -2.26. The Morgan fingerprint density at radius 1 is 1.53 bits per heavy atom. The number of para-hydroxylation sites is 1. The Bertz CT molecular complexity index is 514. The number of aromatic nitrogens is 2. The second-order valence-corrected chi connectivity index (χ2v) is 4.52. The molecular weight excluding hydrogens is 214 g/mol. The van der Waals surface area contributed by atoms with Gasteiger partial charge in [0.2, 0.25) is 0 Å². The average Bonchev–Trinajstić information content (AvgIpc) is 2.99. The summed E-state index contributed by atoms with van der Waals surface area (Å²) >= 11 is 0. The molecular formula is C13H17N3O. The van der Waals surface area contributed by atoms with Crippen LogP contribution in [0, 0.1) is 0 Å². The van der Waals surface area contributed by atoms with Gasteiger partial charge in [-0.25, -0.2) is 4.98 Å². The van der Waals surface area contributed by atoms with Crippen molar-refractivity contribution in [3.05, 3.63) is 24.5 Å². The first-order valence-electron chi connectivity index (χ1n) is 6.09. The van der Waals surface area contributed by atoms with Crippen molar-refractivity contribution in [1.29, 1.82) is 0 Å². The molecule has 0 aliphatic carbocycles. The van der Waals surface area contributed by atoms with Crippen LogP contribution in [0.15, 0.2) is 24.5 Å². The number of rotatable bonds is 3. The van der Waals surface area contributed by atoms with E-state index in [1.165, 1.54) is 12.8 Å². The van der Waals surface area contributed by atoms with Crippen molar-refractivity contribution in [3.63, 3.8) is 0 Å². The maximum atomic E-state index is 5.41. The first-order chi connectivity index (χ1) is 8.38. The van der Waals surface area contributed by atoms with Crippen LogP contribution in [0.5, 0.6) is 5.75 Å². The second kappa shape index (κ2) is 4.37.